The van der Waals surface area contributed by atoms with Crippen molar-refractivity contribution >= 4 is 22.9 Å². The Morgan fingerprint density at radius 3 is 2.44 bits per heavy atom. The number of hydrogen-bond donors (Lipinski definition) is 0. The van der Waals surface area contributed by atoms with Crippen molar-refractivity contribution < 1.29 is 0 Å². The van der Waals surface area contributed by atoms with E-state index in [1.165, 1.54) is 5.52 Å². The molecular formula is C19H24N6. The molecule has 6 nitrogen and oxygen atoms in total. The lowest BCUT2D eigenvalue weighted by atomic mass is 10.0. The van der Waals surface area contributed by atoms with Crippen LogP contribution in [0, 0.1) is 6.92 Å². The normalized spacial score (nSPS) is 15.7. The molecule has 6 heteroatoms. The van der Waals surface area contributed by atoms with E-state index in [1.807, 2.05) is 25.4 Å². The maximum atomic E-state index is 4.82. The van der Waals surface area contributed by atoms with E-state index in [0.29, 0.717) is 6.04 Å². The molecule has 0 saturated carbocycles. The Balaban J connectivity index is 1.47. The molecule has 4 rings (SSSR count). The zero-order valence-electron chi connectivity index (χ0n) is 15.1. The topological polar surface area (TPSA) is 50.1 Å². The summed E-state index contributed by atoms with van der Waals surface area (Å²) < 4.78 is 2.20. The third-order valence-corrected chi connectivity index (χ3v) is 5.14. The van der Waals surface area contributed by atoms with Crippen LogP contribution in [0.1, 0.15) is 18.4 Å². The van der Waals surface area contributed by atoms with Crippen LogP contribution in [0.3, 0.4) is 0 Å². The Morgan fingerprint density at radius 1 is 1.08 bits per heavy atom. The zero-order valence-corrected chi connectivity index (χ0v) is 15.1. The minimum Gasteiger partial charge on any atom is -0.342 e. The maximum Gasteiger partial charge on any atom is 0.225 e. The van der Waals surface area contributed by atoms with Crippen LogP contribution in [0.5, 0.6) is 0 Å². The summed E-state index contributed by atoms with van der Waals surface area (Å²) in [5.74, 6) is 1.88. The number of nitrogens with zero attached hydrogens (tertiary/aromatic N) is 6. The van der Waals surface area contributed by atoms with Gasteiger partial charge in [0.1, 0.15) is 0 Å². The van der Waals surface area contributed by atoms with Gasteiger partial charge in [0.15, 0.2) is 0 Å². The fourth-order valence-electron chi connectivity index (χ4n) is 3.60. The predicted octanol–water partition coefficient (Wildman–Crippen LogP) is 2.78. The summed E-state index contributed by atoms with van der Waals surface area (Å²) in [5, 5.41) is 0. The first-order valence-corrected chi connectivity index (χ1v) is 8.81. The Morgan fingerprint density at radius 2 is 1.76 bits per heavy atom. The highest BCUT2D eigenvalue weighted by atomic mass is 15.3. The molecule has 2 aromatic heterocycles. The highest BCUT2D eigenvalue weighted by molar-refractivity contribution is 5.78. The summed E-state index contributed by atoms with van der Waals surface area (Å²) in [5.41, 5.74) is 3.34. The summed E-state index contributed by atoms with van der Waals surface area (Å²) in [6.07, 6.45) is 5.93. The van der Waals surface area contributed by atoms with Gasteiger partial charge >= 0.3 is 0 Å². The molecule has 1 saturated heterocycles. The highest BCUT2D eigenvalue weighted by Crippen LogP contribution is 2.26. The monoisotopic (exact) mass is 336 g/mol. The van der Waals surface area contributed by atoms with Crippen molar-refractivity contribution in [3.63, 3.8) is 0 Å². The summed E-state index contributed by atoms with van der Waals surface area (Å²) in [6.45, 7) is 4.01. The van der Waals surface area contributed by atoms with Crippen LogP contribution in [-0.4, -0.2) is 45.7 Å². The Bertz CT molecular complexity index is 861. The van der Waals surface area contributed by atoms with E-state index in [1.54, 1.807) is 0 Å². The van der Waals surface area contributed by atoms with E-state index in [2.05, 4.69) is 56.6 Å². The van der Waals surface area contributed by atoms with Crippen LogP contribution in [0.4, 0.5) is 11.9 Å². The summed E-state index contributed by atoms with van der Waals surface area (Å²) >= 11 is 0. The molecule has 0 aliphatic carbocycles. The SMILES string of the molecule is Cc1cnc(N(C)C2CCN(c3nc4ccccc4n3C)CC2)nc1. The molecule has 0 spiro atoms. The number of aromatic nitrogens is 4. The standard InChI is InChI=1S/C19H24N6/c1-14-12-20-18(21-13-14)23(2)15-8-10-25(11-9-15)19-22-16-6-4-5-7-17(16)24(19)3/h4-7,12-13,15H,8-11H2,1-3H3. The lowest BCUT2D eigenvalue weighted by Crippen LogP contribution is -2.44. The van der Waals surface area contributed by atoms with E-state index in [-0.39, 0.29) is 0 Å². The van der Waals surface area contributed by atoms with Crippen molar-refractivity contribution in [1.82, 2.24) is 19.5 Å². The van der Waals surface area contributed by atoms with Gasteiger partial charge in [0.25, 0.3) is 0 Å². The van der Waals surface area contributed by atoms with Crippen molar-refractivity contribution in [3.05, 3.63) is 42.2 Å². The number of benzene rings is 1. The van der Waals surface area contributed by atoms with Crippen LogP contribution < -0.4 is 9.80 Å². The first kappa shape index (κ1) is 15.9. The van der Waals surface area contributed by atoms with Crippen LogP contribution in [-0.2, 0) is 7.05 Å². The van der Waals surface area contributed by atoms with Gasteiger partial charge in [0.2, 0.25) is 11.9 Å². The quantitative estimate of drug-likeness (QED) is 0.736. The fourth-order valence-corrected chi connectivity index (χ4v) is 3.60. The number of imidazole rings is 1. The number of para-hydroxylation sites is 2. The summed E-state index contributed by atoms with van der Waals surface area (Å²) in [4.78, 5) is 18.3. The molecule has 0 radical (unpaired) electrons. The van der Waals surface area contributed by atoms with Gasteiger partial charge < -0.3 is 14.4 Å². The van der Waals surface area contributed by atoms with Crippen LogP contribution in [0.15, 0.2) is 36.7 Å². The lowest BCUT2D eigenvalue weighted by Gasteiger charge is -2.37. The number of fused-ring (bicyclic) bond motifs is 1. The molecule has 1 fully saturated rings. The van der Waals surface area contributed by atoms with Gasteiger partial charge in [-0.2, -0.15) is 0 Å². The zero-order chi connectivity index (χ0) is 17.4. The molecule has 0 unspecified atom stereocenters. The summed E-state index contributed by atoms with van der Waals surface area (Å²) in [6, 6.07) is 8.78. The third-order valence-electron chi connectivity index (χ3n) is 5.14. The van der Waals surface area contributed by atoms with Gasteiger partial charge in [-0.05, 0) is 37.5 Å². The van der Waals surface area contributed by atoms with Gasteiger partial charge in [0.05, 0.1) is 11.0 Å². The van der Waals surface area contributed by atoms with E-state index in [4.69, 9.17) is 4.98 Å². The van der Waals surface area contributed by atoms with E-state index < -0.39 is 0 Å². The average molecular weight is 336 g/mol. The van der Waals surface area contributed by atoms with E-state index in [9.17, 15) is 0 Å². The Kier molecular flexibility index (Phi) is 4.03. The molecule has 0 bridgehead atoms. The molecule has 0 N–H and O–H groups in total. The molecule has 3 aromatic rings. The van der Waals surface area contributed by atoms with Crippen molar-refractivity contribution in [3.8, 4) is 0 Å². The molecule has 130 valence electrons. The largest absolute Gasteiger partial charge is 0.342 e. The second-order valence-corrected chi connectivity index (χ2v) is 6.85. The molecule has 1 aliphatic heterocycles. The van der Waals surface area contributed by atoms with Crippen molar-refractivity contribution in [2.75, 3.05) is 29.9 Å². The maximum absolute atomic E-state index is 4.82. The third kappa shape index (κ3) is 2.92. The first-order chi connectivity index (χ1) is 12.1. The minimum atomic E-state index is 0.466. The van der Waals surface area contributed by atoms with Crippen molar-refractivity contribution in [2.45, 2.75) is 25.8 Å². The highest BCUT2D eigenvalue weighted by Gasteiger charge is 2.26. The van der Waals surface area contributed by atoms with E-state index >= 15 is 0 Å². The second-order valence-electron chi connectivity index (χ2n) is 6.85. The first-order valence-electron chi connectivity index (χ1n) is 8.81. The molecule has 25 heavy (non-hydrogen) atoms. The Hall–Kier alpha value is -2.63. The number of aryl methyl sites for hydroxylation is 2. The van der Waals surface area contributed by atoms with E-state index in [0.717, 1.165) is 48.9 Å². The Labute approximate surface area is 148 Å². The number of rotatable bonds is 3. The van der Waals surface area contributed by atoms with Gasteiger partial charge in [-0.15, -0.1) is 0 Å². The van der Waals surface area contributed by atoms with Crippen molar-refractivity contribution in [1.29, 1.82) is 0 Å². The molecular weight excluding hydrogens is 312 g/mol. The van der Waals surface area contributed by atoms with Gasteiger partial charge in [0, 0.05) is 45.6 Å². The molecule has 1 aliphatic rings. The average Bonchev–Trinajstić information content (AvgIpc) is 2.99. The minimum absolute atomic E-state index is 0.466. The van der Waals surface area contributed by atoms with Gasteiger partial charge in [-0.1, -0.05) is 12.1 Å². The predicted molar refractivity (Wildman–Crippen MR) is 101 cm³/mol. The van der Waals surface area contributed by atoms with Crippen LogP contribution in [0.2, 0.25) is 0 Å². The molecule has 0 amide bonds. The lowest BCUT2D eigenvalue weighted by molar-refractivity contribution is 0.471. The molecule has 1 aromatic carbocycles. The van der Waals surface area contributed by atoms with Crippen molar-refractivity contribution in [2.24, 2.45) is 7.05 Å². The number of piperidine rings is 1. The number of anilines is 2. The van der Waals surface area contributed by atoms with Crippen LogP contribution in [0.25, 0.3) is 11.0 Å². The molecule has 0 atom stereocenters. The van der Waals surface area contributed by atoms with Crippen LogP contribution >= 0.6 is 0 Å². The van der Waals surface area contributed by atoms with Gasteiger partial charge in [-0.25, -0.2) is 15.0 Å². The van der Waals surface area contributed by atoms with Gasteiger partial charge in [-0.3, -0.25) is 0 Å². The fraction of sp³-hybridized carbons (Fsp3) is 0.421. The molecule has 3 heterocycles. The number of hydrogen-bond acceptors (Lipinski definition) is 5. The smallest absolute Gasteiger partial charge is 0.225 e. The summed E-state index contributed by atoms with van der Waals surface area (Å²) in [7, 11) is 4.20. The second kappa shape index (κ2) is 6.35.